The number of para-hydroxylation sites is 1. The third kappa shape index (κ3) is 3.94. The van der Waals surface area contributed by atoms with E-state index in [-0.39, 0.29) is 18.4 Å². The van der Waals surface area contributed by atoms with E-state index >= 15 is 0 Å². The molecule has 6 heteroatoms. The highest BCUT2D eigenvalue weighted by Crippen LogP contribution is 2.31. The number of carbonyl (C=O) groups is 2. The van der Waals surface area contributed by atoms with E-state index in [1.54, 1.807) is 18.2 Å². The first-order valence-corrected chi connectivity index (χ1v) is 8.40. The zero-order valence-corrected chi connectivity index (χ0v) is 14.8. The molecule has 0 saturated carbocycles. The predicted molar refractivity (Wildman–Crippen MR) is 97.1 cm³/mol. The van der Waals surface area contributed by atoms with Gasteiger partial charge in [0.1, 0.15) is 5.75 Å². The molecule has 0 saturated heterocycles. The first-order valence-electron chi connectivity index (χ1n) is 8.03. The molecule has 3 rings (SSSR count). The molecule has 0 fully saturated rings. The second-order valence-corrected chi connectivity index (χ2v) is 6.53. The number of hydrogen-bond acceptors (Lipinski definition) is 3. The van der Waals surface area contributed by atoms with Crippen LogP contribution in [0.15, 0.2) is 36.4 Å². The Balaban J connectivity index is 1.54. The Bertz CT molecular complexity index is 815. The standard InChI is InChI=1S/C19H19ClN2O3/c1-11-4-3-5-12(2)18(11)22-17(23)10-21-19(24)16-9-13-8-14(20)6-7-15(13)25-16/h3-8,16H,9-10H2,1-2H3,(H,21,24)(H,22,23)/t16-/m0/s1. The number of hydrogen-bond donors (Lipinski definition) is 2. The van der Waals surface area contributed by atoms with Gasteiger partial charge < -0.3 is 15.4 Å². The molecule has 1 atom stereocenters. The summed E-state index contributed by atoms with van der Waals surface area (Å²) in [5.74, 6) is 0.0674. The summed E-state index contributed by atoms with van der Waals surface area (Å²) in [5, 5.41) is 6.07. The summed E-state index contributed by atoms with van der Waals surface area (Å²) >= 11 is 5.95. The molecule has 5 nitrogen and oxygen atoms in total. The van der Waals surface area contributed by atoms with Crippen LogP contribution in [0.4, 0.5) is 5.69 Å². The minimum Gasteiger partial charge on any atom is -0.480 e. The number of nitrogens with one attached hydrogen (secondary N) is 2. The highest BCUT2D eigenvalue weighted by Gasteiger charge is 2.29. The minimum atomic E-state index is -0.638. The van der Waals surface area contributed by atoms with E-state index in [0.29, 0.717) is 17.2 Å². The maximum absolute atomic E-state index is 12.2. The lowest BCUT2D eigenvalue weighted by atomic mass is 10.1. The van der Waals surface area contributed by atoms with Crippen LogP contribution in [0.3, 0.4) is 0 Å². The molecule has 2 amide bonds. The molecule has 1 aliphatic heterocycles. The van der Waals surface area contributed by atoms with E-state index in [9.17, 15) is 9.59 Å². The highest BCUT2D eigenvalue weighted by molar-refractivity contribution is 6.30. The predicted octanol–water partition coefficient (Wildman–Crippen LogP) is 3.02. The molecule has 25 heavy (non-hydrogen) atoms. The Kier molecular flexibility index (Phi) is 4.95. The van der Waals surface area contributed by atoms with Crippen molar-refractivity contribution in [3.05, 3.63) is 58.1 Å². The summed E-state index contributed by atoms with van der Waals surface area (Å²) in [6.07, 6.45) is -0.193. The van der Waals surface area contributed by atoms with Crippen molar-refractivity contribution in [2.75, 3.05) is 11.9 Å². The van der Waals surface area contributed by atoms with Gasteiger partial charge in [-0.2, -0.15) is 0 Å². The fourth-order valence-corrected chi connectivity index (χ4v) is 3.03. The van der Waals surface area contributed by atoms with Crippen LogP contribution in [0.25, 0.3) is 0 Å². The van der Waals surface area contributed by atoms with Gasteiger partial charge in [-0.3, -0.25) is 9.59 Å². The van der Waals surface area contributed by atoms with Crippen molar-refractivity contribution in [3.63, 3.8) is 0 Å². The number of aryl methyl sites for hydroxylation is 2. The molecule has 2 N–H and O–H groups in total. The molecule has 0 spiro atoms. The van der Waals surface area contributed by atoms with E-state index in [2.05, 4.69) is 10.6 Å². The molecular formula is C19H19ClN2O3. The van der Waals surface area contributed by atoms with Crippen LogP contribution in [-0.4, -0.2) is 24.5 Å². The third-order valence-electron chi connectivity index (χ3n) is 4.16. The SMILES string of the molecule is Cc1cccc(C)c1NC(=O)CNC(=O)[C@@H]1Cc2cc(Cl)ccc2O1. The summed E-state index contributed by atoms with van der Waals surface area (Å²) in [5.41, 5.74) is 3.63. The van der Waals surface area contributed by atoms with Crippen molar-refractivity contribution < 1.29 is 14.3 Å². The van der Waals surface area contributed by atoms with Crippen molar-refractivity contribution in [2.24, 2.45) is 0 Å². The van der Waals surface area contributed by atoms with E-state index < -0.39 is 6.10 Å². The molecule has 1 aliphatic rings. The number of anilines is 1. The highest BCUT2D eigenvalue weighted by atomic mass is 35.5. The second kappa shape index (κ2) is 7.15. The number of carbonyl (C=O) groups excluding carboxylic acids is 2. The van der Waals surface area contributed by atoms with Crippen LogP contribution < -0.4 is 15.4 Å². The maximum Gasteiger partial charge on any atom is 0.261 e. The summed E-state index contributed by atoms with van der Waals surface area (Å²) < 4.78 is 5.61. The van der Waals surface area contributed by atoms with Gasteiger partial charge in [-0.05, 0) is 48.7 Å². The Morgan fingerprint density at radius 3 is 2.64 bits per heavy atom. The largest absolute Gasteiger partial charge is 0.480 e. The van der Waals surface area contributed by atoms with Gasteiger partial charge in [-0.25, -0.2) is 0 Å². The van der Waals surface area contributed by atoms with Crippen molar-refractivity contribution in [3.8, 4) is 5.75 Å². The molecule has 2 aromatic rings. The number of amides is 2. The summed E-state index contributed by atoms with van der Waals surface area (Å²) in [6.45, 7) is 3.75. The lowest BCUT2D eigenvalue weighted by Gasteiger charge is -2.13. The lowest BCUT2D eigenvalue weighted by Crippen LogP contribution is -2.41. The number of rotatable bonds is 4. The van der Waals surface area contributed by atoms with Crippen LogP contribution >= 0.6 is 11.6 Å². The van der Waals surface area contributed by atoms with Crippen LogP contribution in [0.1, 0.15) is 16.7 Å². The van der Waals surface area contributed by atoms with Crippen LogP contribution in [0.5, 0.6) is 5.75 Å². The first-order chi connectivity index (χ1) is 11.9. The fraction of sp³-hybridized carbons (Fsp3) is 0.263. The Morgan fingerprint density at radius 2 is 1.92 bits per heavy atom. The average Bonchev–Trinajstić information content (AvgIpc) is 2.99. The number of ether oxygens (including phenoxy) is 1. The summed E-state index contributed by atoms with van der Waals surface area (Å²) in [6, 6.07) is 11.0. The zero-order chi connectivity index (χ0) is 18.0. The van der Waals surface area contributed by atoms with Gasteiger partial charge in [0.25, 0.3) is 5.91 Å². The van der Waals surface area contributed by atoms with Gasteiger partial charge in [0, 0.05) is 17.1 Å². The lowest BCUT2D eigenvalue weighted by molar-refractivity contribution is -0.129. The Morgan fingerprint density at radius 1 is 1.20 bits per heavy atom. The van der Waals surface area contributed by atoms with E-state index in [1.165, 1.54) is 0 Å². The third-order valence-corrected chi connectivity index (χ3v) is 4.39. The molecule has 0 aromatic heterocycles. The van der Waals surface area contributed by atoms with Crippen molar-refractivity contribution in [1.29, 1.82) is 0 Å². The second-order valence-electron chi connectivity index (χ2n) is 6.10. The van der Waals surface area contributed by atoms with E-state index in [1.807, 2.05) is 32.0 Å². The molecule has 130 valence electrons. The molecule has 0 bridgehead atoms. The van der Waals surface area contributed by atoms with Gasteiger partial charge in [0.2, 0.25) is 5.91 Å². The molecule has 0 aliphatic carbocycles. The van der Waals surface area contributed by atoms with Crippen LogP contribution in [0.2, 0.25) is 5.02 Å². The van der Waals surface area contributed by atoms with Crippen LogP contribution in [-0.2, 0) is 16.0 Å². The van der Waals surface area contributed by atoms with Crippen molar-refractivity contribution in [1.82, 2.24) is 5.32 Å². The first kappa shape index (κ1) is 17.3. The van der Waals surface area contributed by atoms with Gasteiger partial charge in [0.15, 0.2) is 6.10 Å². The topological polar surface area (TPSA) is 67.4 Å². The van der Waals surface area contributed by atoms with Crippen molar-refractivity contribution in [2.45, 2.75) is 26.4 Å². The smallest absolute Gasteiger partial charge is 0.261 e. The zero-order valence-electron chi connectivity index (χ0n) is 14.1. The quantitative estimate of drug-likeness (QED) is 0.882. The van der Waals surface area contributed by atoms with Gasteiger partial charge in [-0.1, -0.05) is 29.8 Å². The van der Waals surface area contributed by atoms with Gasteiger partial charge >= 0.3 is 0 Å². The molecular weight excluding hydrogens is 340 g/mol. The molecule has 0 radical (unpaired) electrons. The maximum atomic E-state index is 12.2. The summed E-state index contributed by atoms with van der Waals surface area (Å²) in [4.78, 5) is 24.4. The van der Waals surface area contributed by atoms with E-state index in [4.69, 9.17) is 16.3 Å². The molecule has 1 heterocycles. The number of fused-ring (bicyclic) bond motifs is 1. The van der Waals surface area contributed by atoms with Gasteiger partial charge in [0.05, 0.1) is 6.54 Å². The summed E-state index contributed by atoms with van der Waals surface area (Å²) in [7, 11) is 0. The minimum absolute atomic E-state index is 0.108. The normalized spacial score (nSPS) is 15.2. The van der Waals surface area contributed by atoms with Crippen LogP contribution in [0, 0.1) is 13.8 Å². The molecule has 2 aromatic carbocycles. The van der Waals surface area contributed by atoms with Crippen molar-refractivity contribution >= 4 is 29.1 Å². The fourth-order valence-electron chi connectivity index (χ4n) is 2.84. The monoisotopic (exact) mass is 358 g/mol. The Labute approximate surface area is 151 Å². The van der Waals surface area contributed by atoms with Gasteiger partial charge in [-0.15, -0.1) is 0 Å². The Hall–Kier alpha value is -2.53. The molecule has 0 unspecified atom stereocenters. The number of halogens is 1. The average molecular weight is 359 g/mol. The number of benzene rings is 2. The van der Waals surface area contributed by atoms with E-state index in [0.717, 1.165) is 22.4 Å².